The Morgan fingerprint density at radius 2 is 1.03 bits per heavy atom. The van der Waals surface area contributed by atoms with Gasteiger partial charge < -0.3 is 121 Å². The van der Waals surface area contributed by atoms with Crippen molar-refractivity contribution in [2.75, 3.05) is 32.8 Å². The first kappa shape index (κ1) is 93.8. The molecular weight excluding hydrogens is 1470 g/mol. The number of amides is 14. The minimum absolute atomic E-state index is 0.00374. The number of unbranched alkanes of at least 4 members (excludes halogenated alkanes) is 5. The summed E-state index contributed by atoms with van der Waals surface area (Å²) in [5.41, 5.74) is 12.5. The molecule has 0 saturated carbocycles. The Hall–Kier alpha value is -11.4. The summed E-state index contributed by atoms with van der Waals surface area (Å²) in [5.74, 6) is -28.7. The van der Waals surface area contributed by atoms with E-state index in [4.69, 9.17) is 16.2 Å². The number of carbonyl (C=O) groups excluding carboxylic acids is 15. The number of hydrogen-bond acceptors (Lipinski definition) is 23. The van der Waals surface area contributed by atoms with E-state index in [1.54, 1.807) is 30.5 Å². The molecule has 1 fully saturated rings. The highest BCUT2D eigenvalue weighted by atomic mass is 16.5. The molecule has 42 heteroatoms. The number of ether oxygens (including phenoxy) is 1. The Kier molecular flexibility index (Phi) is 40.1. The van der Waals surface area contributed by atoms with Crippen LogP contribution in [0, 0.1) is 17.8 Å². The summed E-state index contributed by atoms with van der Waals surface area (Å²) in [7, 11) is 0. The predicted octanol–water partition coefficient (Wildman–Crippen LogP) is -6.21. The summed E-state index contributed by atoms with van der Waals surface area (Å²) < 4.78 is 5.66. The van der Waals surface area contributed by atoms with Crippen LogP contribution in [-0.4, -0.2) is 254 Å². The lowest BCUT2D eigenvalue weighted by atomic mass is 9.95. The predicted molar refractivity (Wildman–Crippen MR) is 386 cm³/mol. The van der Waals surface area contributed by atoms with Gasteiger partial charge in [0.05, 0.1) is 58.4 Å². The molecule has 2 heterocycles. The number of fused-ring (bicyclic) bond motifs is 1. The van der Waals surface area contributed by atoms with Crippen LogP contribution in [0.3, 0.4) is 0 Å². The molecule has 111 heavy (non-hydrogen) atoms. The molecule has 1 aromatic carbocycles. The fourth-order valence-corrected chi connectivity index (χ4v) is 11.3. The van der Waals surface area contributed by atoms with E-state index in [9.17, 15) is 122 Å². The van der Waals surface area contributed by atoms with Crippen molar-refractivity contribution < 1.29 is 126 Å². The molecule has 14 amide bonds. The molecule has 13 unspecified atom stereocenters. The van der Waals surface area contributed by atoms with E-state index in [0.717, 1.165) is 46.0 Å². The smallest absolute Gasteiger partial charge is 0.329 e. The molecule has 13 atom stereocenters. The number of esters is 1. The highest BCUT2D eigenvalue weighted by Crippen LogP contribution is 2.21. The molecule has 3 rings (SSSR count). The molecule has 0 radical (unpaired) electrons. The van der Waals surface area contributed by atoms with Gasteiger partial charge in [0, 0.05) is 29.9 Å². The molecule has 1 aromatic heterocycles. The first-order valence-corrected chi connectivity index (χ1v) is 36.0. The van der Waals surface area contributed by atoms with Crippen LogP contribution in [0.5, 0.6) is 0 Å². The number of H-pyrrole nitrogens is 1. The number of carbonyl (C=O) groups is 19. The van der Waals surface area contributed by atoms with Gasteiger partial charge in [-0.05, 0) is 62.1 Å². The van der Waals surface area contributed by atoms with E-state index in [2.05, 4.69) is 66.7 Å². The van der Waals surface area contributed by atoms with Crippen LogP contribution in [-0.2, 0) is 102 Å². The zero-order valence-corrected chi connectivity index (χ0v) is 62.4. The van der Waals surface area contributed by atoms with E-state index in [1.807, 2.05) is 21.3 Å². The normalized spacial score (nSPS) is 21.7. The van der Waals surface area contributed by atoms with Crippen LogP contribution >= 0.6 is 0 Å². The number of carboxylic acid groups (broad SMARTS) is 4. The van der Waals surface area contributed by atoms with Gasteiger partial charge in [-0.1, -0.05) is 91.3 Å². The number of aliphatic hydroxyl groups is 2. The number of para-hydroxylation sites is 1. The van der Waals surface area contributed by atoms with Gasteiger partial charge in [-0.25, -0.2) is 4.79 Å². The Bertz CT molecular complexity index is 3640. The molecule has 616 valence electrons. The number of benzene rings is 1. The maximum absolute atomic E-state index is 14.6. The number of rotatable bonds is 35. The van der Waals surface area contributed by atoms with Gasteiger partial charge in [0.25, 0.3) is 0 Å². The molecule has 1 aliphatic rings. The molecule has 42 nitrogen and oxygen atoms in total. The van der Waals surface area contributed by atoms with Crippen molar-refractivity contribution in [3.63, 3.8) is 0 Å². The maximum Gasteiger partial charge on any atom is 0.329 e. The van der Waals surface area contributed by atoms with Crippen molar-refractivity contribution in [2.45, 2.75) is 217 Å². The van der Waals surface area contributed by atoms with Crippen molar-refractivity contribution in [3.8, 4) is 0 Å². The van der Waals surface area contributed by atoms with Gasteiger partial charge in [0.2, 0.25) is 82.7 Å². The summed E-state index contributed by atoms with van der Waals surface area (Å²) in [5, 5.41) is 88.4. The third-order valence-corrected chi connectivity index (χ3v) is 17.3. The molecule has 24 N–H and O–H groups in total. The van der Waals surface area contributed by atoms with Crippen LogP contribution in [0.4, 0.5) is 0 Å². The number of aromatic nitrogens is 1. The Balaban J connectivity index is 2.18. The first-order valence-electron chi connectivity index (χ1n) is 36.0. The summed E-state index contributed by atoms with van der Waals surface area (Å²) in [4.78, 5) is 260. The number of hydrogen-bond donors (Lipinski definition) is 22. The second kappa shape index (κ2) is 47.5. The largest absolute Gasteiger partial charge is 0.481 e. The lowest BCUT2D eigenvalue weighted by Crippen LogP contribution is -2.62. The van der Waals surface area contributed by atoms with Gasteiger partial charge in [-0.3, -0.25) is 86.3 Å². The Labute approximate surface area is 636 Å². The molecule has 2 aromatic rings. The van der Waals surface area contributed by atoms with Gasteiger partial charge in [0.1, 0.15) is 72.6 Å². The summed E-state index contributed by atoms with van der Waals surface area (Å²) in [6.45, 7) is 3.88. The molecule has 0 aliphatic carbocycles. The second-order valence-corrected chi connectivity index (χ2v) is 27.4. The second-order valence-electron chi connectivity index (χ2n) is 27.4. The standard InChI is InChI=1S/C69H104N16O26/c1-33(2)16-11-9-7-8-10-12-20-49(89)76-41(23-37-28-72-39-18-14-13-17-38(37)39)61(102)78-42(24-48(71)88)62(103)81-45(27-55(98)99)64(105)85-58-36(6)111-69(110)56(34(3)4)83-68(109)57(35(5)22-52(92)93)84-66(107)46(31-86)77-51(91)29-73-59(100)43(25-53(94)95)79-65(106)47(32-87)82-63(104)44(26-54(96)97)80-60(101)40(19-15-21-70)75-50(90)30-74-67(58)108/h13-14,17-18,28,33-36,40-47,56-58,72,86-87H,7-12,15-16,19-27,29-32,70H2,1-6H3,(H2,71,88)(H,73,100)(H,74,108)(H,75,90)(H,76,89)(H,77,91)(H,78,102)(H,79,106)(H,80,101)(H,81,103)(H,82,104)(H,83,109)(H,84,107)(H,85,105)(H,92,93)(H,94,95)(H,96,97)(H,98,99). The maximum atomic E-state index is 14.6. The van der Waals surface area contributed by atoms with Crippen molar-refractivity contribution in [2.24, 2.45) is 29.2 Å². The quantitative estimate of drug-likeness (QED) is 0.0225. The van der Waals surface area contributed by atoms with Crippen LogP contribution in [0.25, 0.3) is 10.9 Å². The van der Waals surface area contributed by atoms with Crippen molar-refractivity contribution in [1.29, 1.82) is 0 Å². The highest BCUT2D eigenvalue weighted by Gasteiger charge is 2.41. The Morgan fingerprint density at radius 1 is 0.532 bits per heavy atom. The fraction of sp³-hybridized carbons (Fsp3) is 0.609. The third kappa shape index (κ3) is 33.5. The topological polar surface area (TPSA) is 679 Å². The number of aliphatic hydroxyl groups excluding tert-OH is 2. The van der Waals surface area contributed by atoms with Gasteiger partial charge >= 0.3 is 29.8 Å². The summed E-state index contributed by atoms with van der Waals surface area (Å²) in [6.07, 6.45) is -0.762. The number of aromatic amines is 1. The zero-order chi connectivity index (χ0) is 83.4. The van der Waals surface area contributed by atoms with Crippen LogP contribution in [0.1, 0.15) is 143 Å². The SMILES string of the molecule is CC(C)CCCCCCCCC(=O)NC(Cc1c[nH]c2ccccc12)C(=O)NC(CC(N)=O)C(=O)NC(CC(=O)O)C(=O)NC1C(=O)NCC(=O)NC(CCCN)C(=O)NC(CC(=O)O)C(=O)NC(CO)C(=O)NC(CC(=O)O)C(=O)NCC(=O)NC(CO)C(=O)NC(C(C)CC(=O)O)C(=O)NC(C(C)C)C(=O)OC1C. The number of carboxylic acids is 4. The molecule has 0 spiro atoms. The molecule has 1 saturated heterocycles. The van der Waals surface area contributed by atoms with Crippen molar-refractivity contribution in [1.82, 2.24) is 74.1 Å². The average molecular weight is 1570 g/mol. The van der Waals surface area contributed by atoms with Gasteiger partial charge in [-0.15, -0.1) is 0 Å². The van der Waals surface area contributed by atoms with E-state index in [1.165, 1.54) is 13.8 Å². The third-order valence-electron chi connectivity index (χ3n) is 17.3. The molecule has 1 aliphatic heterocycles. The molecule has 0 bridgehead atoms. The van der Waals surface area contributed by atoms with Crippen LogP contribution in [0.15, 0.2) is 30.5 Å². The van der Waals surface area contributed by atoms with Crippen molar-refractivity contribution >= 4 is 123 Å². The van der Waals surface area contributed by atoms with E-state index >= 15 is 0 Å². The van der Waals surface area contributed by atoms with Crippen molar-refractivity contribution in [3.05, 3.63) is 36.0 Å². The average Bonchev–Trinajstić information content (AvgIpc) is 1.78. The highest BCUT2D eigenvalue weighted by molar-refractivity contribution is 6.02. The first-order chi connectivity index (χ1) is 52.3. The van der Waals surface area contributed by atoms with Gasteiger partial charge in [0.15, 0.2) is 0 Å². The number of primary amides is 1. The lowest BCUT2D eigenvalue weighted by Gasteiger charge is -2.31. The van der Waals surface area contributed by atoms with E-state index in [0.29, 0.717) is 35.2 Å². The minimum Gasteiger partial charge on any atom is -0.481 e. The van der Waals surface area contributed by atoms with Crippen LogP contribution in [0.2, 0.25) is 0 Å². The number of aliphatic carboxylic acids is 4. The zero-order valence-electron chi connectivity index (χ0n) is 62.4. The van der Waals surface area contributed by atoms with E-state index in [-0.39, 0.29) is 25.8 Å². The molecular formula is C69H104N16O26. The minimum atomic E-state index is -2.33. The number of nitrogens with one attached hydrogen (secondary N) is 14. The number of nitrogens with two attached hydrogens (primary N) is 2. The van der Waals surface area contributed by atoms with E-state index < -0.39 is 262 Å². The monoisotopic (exact) mass is 1570 g/mol. The summed E-state index contributed by atoms with van der Waals surface area (Å²) in [6, 6.07) is -15.3. The lowest BCUT2D eigenvalue weighted by molar-refractivity contribution is -0.157. The van der Waals surface area contributed by atoms with Gasteiger partial charge in [-0.2, -0.15) is 0 Å². The van der Waals surface area contributed by atoms with Crippen LogP contribution < -0.4 is 80.6 Å². The number of cyclic esters (lactones) is 1. The fourth-order valence-electron chi connectivity index (χ4n) is 11.3. The summed E-state index contributed by atoms with van der Waals surface area (Å²) >= 11 is 0. The Morgan fingerprint density at radius 3 is 1.59 bits per heavy atom.